The van der Waals surface area contributed by atoms with Gasteiger partial charge in [0.2, 0.25) is 0 Å². The Balaban J connectivity index is 0.00000450. The van der Waals surface area contributed by atoms with Crippen LogP contribution in [0.25, 0.3) is 0 Å². The Morgan fingerprint density at radius 2 is 1.90 bits per heavy atom. The first kappa shape index (κ1) is 26.1. The molecule has 0 spiro atoms. The van der Waals surface area contributed by atoms with Crippen molar-refractivity contribution < 1.29 is 18.6 Å². The van der Waals surface area contributed by atoms with Crippen molar-refractivity contribution >= 4 is 29.9 Å². The smallest absolute Gasteiger partial charge is 0.190 e. The van der Waals surface area contributed by atoms with Gasteiger partial charge in [-0.2, -0.15) is 0 Å². The van der Waals surface area contributed by atoms with Gasteiger partial charge in [-0.1, -0.05) is 6.07 Å². The summed E-state index contributed by atoms with van der Waals surface area (Å²) in [6.45, 7) is 5.41. The van der Waals surface area contributed by atoms with Gasteiger partial charge >= 0.3 is 0 Å². The van der Waals surface area contributed by atoms with E-state index in [-0.39, 0.29) is 24.0 Å². The highest BCUT2D eigenvalue weighted by Gasteiger charge is 2.05. The molecular formula is C22H34IN3O4. The van der Waals surface area contributed by atoms with Crippen LogP contribution < -0.4 is 20.1 Å². The van der Waals surface area contributed by atoms with Crippen molar-refractivity contribution in [1.82, 2.24) is 10.6 Å². The van der Waals surface area contributed by atoms with Crippen molar-refractivity contribution in [3.05, 3.63) is 47.9 Å². The average Bonchev–Trinajstić information content (AvgIpc) is 3.26. The first-order chi connectivity index (χ1) is 14.3. The van der Waals surface area contributed by atoms with Gasteiger partial charge in [0.1, 0.15) is 12.4 Å². The number of halogens is 1. The van der Waals surface area contributed by atoms with Crippen LogP contribution in [-0.2, 0) is 17.8 Å². The van der Waals surface area contributed by atoms with Crippen LogP contribution in [0.1, 0.15) is 31.1 Å². The van der Waals surface area contributed by atoms with E-state index in [9.17, 15) is 0 Å². The van der Waals surface area contributed by atoms with Gasteiger partial charge in [0.25, 0.3) is 0 Å². The molecule has 0 aliphatic heterocycles. The molecule has 8 heteroatoms. The quantitative estimate of drug-likeness (QED) is 0.176. The molecule has 0 fully saturated rings. The third-order valence-electron chi connectivity index (χ3n) is 4.27. The first-order valence-corrected chi connectivity index (χ1v) is 10.1. The summed E-state index contributed by atoms with van der Waals surface area (Å²) in [6, 6.07) is 9.87. The second-order valence-corrected chi connectivity index (χ2v) is 6.43. The van der Waals surface area contributed by atoms with E-state index in [1.54, 1.807) is 20.4 Å². The Morgan fingerprint density at radius 1 is 1.10 bits per heavy atom. The number of hydrogen-bond donors (Lipinski definition) is 2. The van der Waals surface area contributed by atoms with Crippen LogP contribution in [0.4, 0.5) is 0 Å². The fourth-order valence-corrected chi connectivity index (χ4v) is 2.81. The molecule has 168 valence electrons. The standard InChI is InChI=1S/C22H33N3O4.HI/c1-4-28-21-16-18(10-11-20(21)26-3)8-5-12-24-22(23-2)25-13-7-14-27-17-19-9-6-15-29-19;/h6,9-11,15-16H,4-5,7-8,12-14,17H2,1-3H3,(H2,23,24,25);1H. The second kappa shape index (κ2) is 15.8. The lowest BCUT2D eigenvalue weighted by atomic mass is 10.1. The minimum atomic E-state index is 0. The molecule has 0 amide bonds. The zero-order chi connectivity index (χ0) is 20.7. The summed E-state index contributed by atoms with van der Waals surface area (Å²) >= 11 is 0. The topological polar surface area (TPSA) is 77.2 Å². The van der Waals surface area contributed by atoms with E-state index >= 15 is 0 Å². The fourth-order valence-electron chi connectivity index (χ4n) is 2.81. The van der Waals surface area contributed by atoms with Gasteiger partial charge in [-0.15, -0.1) is 24.0 Å². The molecule has 0 bridgehead atoms. The molecule has 1 aromatic heterocycles. The van der Waals surface area contributed by atoms with Crippen LogP contribution in [0.3, 0.4) is 0 Å². The number of ether oxygens (including phenoxy) is 3. The number of guanidine groups is 1. The van der Waals surface area contributed by atoms with Crippen LogP contribution in [0, 0.1) is 0 Å². The average molecular weight is 531 g/mol. The third-order valence-corrected chi connectivity index (χ3v) is 4.27. The Morgan fingerprint density at radius 3 is 2.57 bits per heavy atom. The summed E-state index contributed by atoms with van der Waals surface area (Å²) < 4.78 is 21.8. The zero-order valence-electron chi connectivity index (χ0n) is 18.1. The van der Waals surface area contributed by atoms with E-state index < -0.39 is 0 Å². The van der Waals surface area contributed by atoms with Gasteiger partial charge in [-0.05, 0) is 56.0 Å². The maximum atomic E-state index is 5.64. The Hall–Kier alpha value is -1.94. The molecule has 0 aliphatic rings. The molecule has 1 heterocycles. The largest absolute Gasteiger partial charge is 0.493 e. The third kappa shape index (κ3) is 9.71. The van der Waals surface area contributed by atoms with E-state index in [4.69, 9.17) is 18.6 Å². The molecule has 1 aromatic carbocycles. The summed E-state index contributed by atoms with van der Waals surface area (Å²) in [5, 5.41) is 6.64. The number of nitrogens with zero attached hydrogens (tertiary/aromatic N) is 1. The summed E-state index contributed by atoms with van der Waals surface area (Å²) in [7, 11) is 3.44. The Bertz CT molecular complexity index is 723. The van der Waals surface area contributed by atoms with Gasteiger partial charge in [0.15, 0.2) is 17.5 Å². The molecule has 0 aliphatic carbocycles. The predicted octanol–water partition coefficient (Wildman–Crippen LogP) is 4.01. The van der Waals surface area contributed by atoms with Crippen molar-refractivity contribution in [2.75, 3.05) is 40.5 Å². The molecule has 2 aromatic rings. The number of nitrogens with one attached hydrogen (secondary N) is 2. The molecule has 0 saturated heterocycles. The van der Waals surface area contributed by atoms with E-state index in [1.807, 2.05) is 25.1 Å². The van der Waals surface area contributed by atoms with Crippen molar-refractivity contribution in [3.63, 3.8) is 0 Å². The molecule has 0 saturated carbocycles. The van der Waals surface area contributed by atoms with Crippen LogP contribution >= 0.6 is 24.0 Å². The number of furan rings is 1. The maximum absolute atomic E-state index is 5.64. The second-order valence-electron chi connectivity index (χ2n) is 6.43. The summed E-state index contributed by atoms with van der Waals surface area (Å²) in [5.41, 5.74) is 1.23. The van der Waals surface area contributed by atoms with E-state index in [0.29, 0.717) is 19.8 Å². The SMILES string of the molecule is CCOc1cc(CCCNC(=NC)NCCCOCc2ccco2)ccc1OC.I. The number of aryl methyl sites for hydroxylation is 1. The van der Waals surface area contributed by atoms with Gasteiger partial charge in [0, 0.05) is 26.7 Å². The summed E-state index contributed by atoms with van der Waals surface area (Å²) in [5.74, 6) is 3.22. The molecule has 7 nitrogen and oxygen atoms in total. The van der Waals surface area contributed by atoms with E-state index in [2.05, 4.69) is 27.8 Å². The maximum Gasteiger partial charge on any atom is 0.190 e. The van der Waals surface area contributed by atoms with Crippen molar-refractivity contribution in [1.29, 1.82) is 0 Å². The molecule has 2 N–H and O–H groups in total. The normalized spacial score (nSPS) is 11.0. The molecule has 0 unspecified atom stereocenters. The van der Waals surface area contributed by atoms with E-state index in [0.717, 1.165) is 55.6 Å². The lowest BCUT2D eigenvalue weighted by Gasteiger charge is -2.13. The van der Waals surface area contributed by atoms with E-state index in [1.165, 1.54) is 5.56 Å². The van der Waals surface area contributed by atoms with Crippen LogP contribution in [0.2, 0.25) is 0 Å². The fraction of sp³-hybridized carbons (Fsp3) is 0.500. The number of rotatable bonds is 13. The minimum Gasteiger partial charge on any atom is -0.493 e. The highest BCUT2D eigenvalue weighted by molar-refractivity contribution is 14.0. The highest BCUT2D eigenvalue weighted by atomic mass is 127. The molecular weight excluding hydrogens is 497 g/mol. The van der Waals surface area contributed by atoms with Gasteiger partial charge in [0.05, 0.1) is 20.0 Å². The minimum absolute atomic E-state index is 0. The number of methoxy groups -OCH3 is 1. The number of hydrogen-bond acceptors (Lipinski definition) is 5. The molecule has 2 rings (SSSR count). The predicted molar refractivity (Wildman–Crippen MR) is 130 cm³/mol. The lowest BCUT2D eigenvalue weighted by molar-refractivity contribution is 0.105. The number of benzene rings is 1. The Kier molecular flexibility index (Phi) is 13.8. The van der Waals surface area contributed by atoms with Crippen LogP contribution in [0.15, 0.2) is 46.0 Å². The monoisotopic (exact) mass is 531 g/mol. The molecule has 30 heavy (non-hydrogen) atoms. The van der Waals surface area contributed by atoms with Gasteiger partial charge in [-0.25, -0.2) is 0 Å². The van der Waals surface area contributed by atoms with Crippen LogP contribution in [-0.4, -0.2) is 46.4 Å². The first-order valence-electron chi connectivity index (χ1n) is 10.1. The van der Waals surface area contributed by atoms with Crippen LogP contribution in [0.5, 0.6) is 11.5 Å². The van der Waals surface area contributed by atoms with Crippen molar-refractivity contribution in [2.24, 2.45) is 4.99 Å². The Labute approximate surface area is 196 Å². The van der Waals surface area contributed by atoms with Gasteiger partial charge < -0.3 is 29.3 Å². The lowest BCUT2D eigenvalue weighted by Crippen LogP contribution is -2.38. The summed E-state index contributed by atoms with van der Waals surface area (Å²) in [6.07, 6.45) is 4.50. The highest BCUT2D eigenvalue weighted by Crippen LogP contribution is 2.28. The van der Waals surface area contributed by atoms with Gasteiger partial charge in [-0.3, -0.25) is 4.99 Å². The van der Waals surface area contributed by atoms with Crippen molar-refractivity contribution in [2.45, 2.75) is 32.8 Å². The molecule has 0 atom stereocenters. The summed E-state index contributed by atoms with van der Waals surface area (Å²) in [4.78, 5) is 4.25. The van der Waals surface area contributed by atoms with Crippen molar-refractivity contribution in [3.8, 4) is 11.5 Å². The number of aliphatic imine (C=N–C) groups is 1. The zero-order valence-corrected chi connectivity index (χ0v) is 20.4. The molecule has 0 radical (unpaired) electrons.